The van der Waals surface area contributed by atoms with E-state index >= 15 is 0 Å². The zero-order chi connectivity index (χ0) is 14.9. The van der Waals surface area contributed by atoms with Crippen molar-refractivity contribution < 1.29 is 17.9 Å². The second-order valence-electron chi connectivity index (χ2n) is 5.27. The molecule has 0 atom stereocenters. The predicted octanol–water partition coefficient (Wildman–Crippen LogP) is 0.474. The average Bonchev–Trinajstić information content (AvgIpc) is 2.54. The maximum Gasteiger partial charge on any atom is 0.243 e. The lowest BCUT2D eigenvalue weighted by molar-refractivity contribution is -0.119. The molecule has 2 aliphatic heterocycles. The molecule has 6 nitrogen and oxygen atoms in total. The molecule has 1 amide bonds. The highest BCUT2D eigenvalue weighted by Crippen LogP contribution is 2.28. The molecule has 0 N–H and O–H groups in total. The molecule has 1 aromatic rings. The largest absolute Gasteiger partial charge is 0.493 e. The number of hydrogen-bond donors (Lipinski definition) is 0. The molecule has 0 saturated carbocycles. The molecule has 0 aliphatic carbocycles. The molecule has 2 aliphatic rings. The van der Waals surface area contributed by atoms with Gasteiger partial charge in [-0.2, -0.15) is 4.31 Å². The van der Waals surface area contributed by atoms with Crippen LogP contribution in [0.15, 0.2) is 23.1 Å². The summed E-state index contributed by atoms with van der Waals surface area (Å²) in [5.41, 5.74) is 0.953. The molecule has 0 aromatic heterocycles. The van der Waals surface area contributed by atoms with E-state index in [0.717, 1.165) is 30.6 Å². The first-order valence-corrected chi connectivity index (χ1v) is 8.50. The summed E-state index contributed by atoms with van der Waals surface area (Å²) in [4.78, 5) is 12.6. The molecule has 1 fully saturated rings. The van der Waals surface area contributed by atoms with E-state index in [2.05, 4.69) is 0 Å². The molecule has 114 valence electrons. The fourth-order valence-electron chi connectivity index (χ4n) is 2.70. The van der Waals surface area contributed by atoms with Crippen molar-refractivity contribution in [3.05, 3.63) is 23.8 Å². The Labute approximate surface area is 124 Å². The van der Waals surface area contributed by atoms with Gasteiger partial charge in [0.2, 0.25) is 16.4 Å². The van der Waals surface area contributed by atoms with Gasteiger partial charge in [-0.25, -0.2) is 8.42 Å². The minimum Gasteiger partial charge on any atom is -0.493 e. The summed E-state index contributed by atoms with van der Waals surface area (Å²) in [6.07, 6.45) is 2.52. The first-order valence-electron chi connectivity index (χ1n) is 7.06. The van der Waals surface area contributed by atoms with Crippen LogP contribution in [0.1, 0.15) is 12.0 Å². The summed E-state index contributed by atoms with van der Waals surface area (Å²) >= 11 is 0. The standard InChI is InChI=1S/C14H18N2O4S/c17-11-15-5-7-16(8-6-15)21(18,19)13-3-4-14-12(10-13)2-1-9-20-14/h3-4,10-11H,1-2,5-9H2. The van der Waals surface area contributed by atoms with Gasteiger partial charge in [-0.15, -0.1) is 0 Å². The number of hydrogen-bond acceptors (Lipinski definition) is 4. The van der Waals surface area contributed by atoms with Gasteiger partial charge in [0.05, 0.1) is 11.5 Å². The molecule has 0 bridgehead atoms. The topological polar surface area (TPSA) is 66.9 Å². The number of aryl methyl sites for hydroxylation is 1. The number of ether oxygens (including phenoxy) is 1. The van der Waals surface area contributed by atoms with Gasteiger partial charge in [0.1, 0.15) is 5.75 Å². The molecular weight excluding hydrogens is 292 g/mol. The molecule has 1 saturated heterocycles. The quantitative estimate of drug-likeness (QED) is 0.761. The number of rotatable bonds is 3. The predicted molar refractivity (Wildman–Crippen MR) is 76.7 cm³/mol. The number of fused-ring (bicyclic) bond motifs is 1. The minimum atomic E-state index is -3.49. The lowest BCUT2D eigenvalue weighted by atomic mass is 10.1. The van der Waals surface area contributed by atoms with E-state index in [9.17, 15) is 13.2 Å². The molecule has 3 rings (SSSR count). The number of carbonyl (C=O) groups excluding carboxylic acids is 1. The van der Waals surface area contributed by atoms with Crippen LogP contribution in [0, 0.1) is 0 Å². The number of piperazine rings is 1. The van der Waals surface area contributed by atoms with Crippen LogP contribution in [0.2, 0.25) is 0 Å². The Morgan fingerprint density at radius 1 is 1.14 bits per heavy atom. The Kier molecular flexibility index (Phi) is 3.86. The summed E-state index contributed by atoms with van der Waals surface area (Å²) in [5.74, 6) is 0.783. The first-order chi connectivity index (χ1) is 10.1. The summed E-state index contributed by atoms with van der Waals surface area (Å²) in [5, 5.41) is 0. The number of nitrogens with zero attached hydrogens (tertiary/aromatic N) is 2. The number of amides is 1. The number of carbonyl (C=O) groups is 1. The summed E-state index contributed by atoms with van der Waals surface area (Å²) in [6, 6.07) is 5.06. The second kappa shape index (κ2) is 5.65. The molecular formula is C14H18N2O4S. The molecule has 0 unspecified atom stereocenters. The van der Waals surface area contributed by atoms with Crippen molar-refractivity contribution in [1.82, 2.24) is 9.21 Å². The van der Waals surface area contributed by atoms with E-state index in [-0.39, 0.29) is 0 Å². The highest BCUT2D eigenvalue weighted by atomic mass is 32.2. The van der Waals surface area contributed by atoms with Gasteiger partial charge in [-0.05, 0) is 36.6 Å². The number of benzene rings is 1. The number of sulfonamides is 1. The van der Waals surface area contributed by atoms with Gasteiger partial charge in [0, 0.05) is 26.2 Å². The van der Waals surface area contributed by atoms with E-state index < -0.39 is 10.0 Å². The summed E-state index contributed by atoms with van der Waals surface area (Å²) in [6.45, 7) is 2.25. The van der Waals surface area contributed by atoms with Crippen molar-refractivity contribution >= 4 is 16.4 Å². The van der Waals surface area contributed by atoms with Crippen molar-refractivity contribution in [2.75, 3.05) is 32.8 Å². The Balaban J connectivity index is 1.83. The fourth-order valence-corrected chi connectivity index (χ4v) is 4.17. The van der Waals surface area contributed by atoms with Crippen molar-refractivity contribution in [2.24, 2.45) is 0 Å². The summed E-state index contributed by atoms with van der Waals surface area (Å²) in [7, 11) is -3.49. The summed E-state index contributed by atoms with van der Waals surface area (Å²) < 4.78 is 32.2. The van der Waals surface area contributed by atoms with Gasteiger partial charge < -0.3 is 9.64 Å². The first kappa shape index (κ1) is 14.3. The van der Waals surface area contributed by atoms with E-state index in [1.165, 1.54) is 4.31 Å². The van der Waals surface area contributed by atoms with Crippen molar-refractivity contribution in [1.29, 1.82) is 0 Å². The normalized spacial score (nSPS) is 19.7. The van der Waals surface area contributed by atoms with Gasteiger partial charge >= 0.3 is 0 Å². The smallest absolute Gasteiger partial charge is 0.243 e. The van der Waals surface area contributed by atoms with E-state index in [1.807, 2.05) is 0 Å². The third-order valence-electron chi connectivity index (χ3n) is 3.94. The maximum atomic E-state index is 12.6. The van der Waals surface area contributed by atoms with E-state index in [1.54, 1.807) is 23.1 Å². The van der Waals surface area contributed by atoms with Crippen LogP contribution in [0.4, 0.5) is 0 Å². The molecule has 0 radical (unpaired) electrons. The SMILES string of the molecule is O=CN1CCN(S(=O)(=O)c2ccc3c(c2)CCCO3)CC1. The van der Waals surface area contributed by atoms with Crippen molar-refractivity contribution in [3.8, 4) is 5.75 Å². The third-order valence-corrected chi connectivity index (χ3v) is 5.83. The fraction of sp³-hybridized carbons (Fsp3) is 0.500. The van der Waals surface area contributed by atoms with Crippen LogP contribution in [-0.4, -0.2) is 56.8 Å². The molecule has 21 heavy (non-hydrogen) atoms. The molecule has 1 aromatic carbocycles. The Hall–Kier alpha value is -1.60. The van der Waals surface area contributed by atoms with Crippen LogP contribution in [0.25, 0.3) is 0 Å². The second-order valence-corrected chi connectivity index (χ2v) is 7.20. The van der Waals surface area contributed by atoms with Gasteiger partial charge in [-0.1, -0.05) is 0 Å². The minimum absolute atomic E-state index is 0.311. The zero-order valence-electron chi connectivity index (χ0n) is 11.7. The van der Waals surface area contributed by atoms with Crippen molar-refractivity contribution in [2.45, 2.75) is 17.7 Å². The monoisotopic (exact) mass is 310 g/mol. The van der Waals surface area contributed by atoms with Crippen LogP contribution in [0.3, 0.4) is 0 Å². The highest BCUT2D eigenvalue weighted by Gasteiger charge is 2.28. The average molecular weight is 310 g/mol. The van der Waals surface area contributed by atoms with Crippen LogP contribution < -0.4 is 4.74 Å². The van der Waals surface area contributed by atoms with Gasteiger partial charge in [0.25, 0.3) is 0 Å². The molecule has 7 heteroatoms. The van der Waals surface area contributed by atoms with E-state index in [4.69, 9.17) is 4.74 Å². The highest BCUT2D eigenvalue weighted by molar-refractivity contribution is 7.89. The third kappa shape index (κ3) is 2.75. The molecule has 2 heterocycles. The maximum absolute atomic E-state index is 12.6. The Morgan fingerprint density at radius 3 is 2.62 bits per heavy atom. The lowest BCUT2D eigenvalue weighted by Gasteiger charge is -2.32. The van der Waals surface area contributed by atoms with E-state index in [0.29, 0.717) is 37.7 Å². The van der Waals surface area contributed by atoms with Crippen LogP contribution in [0.5, 0.6) is 5.75 Å². The molecule has 0 spiro atoms. The lowest BCUT2D eigenvalue weighted by Crippen LogP contribution is -2.47. The van der Waals surface area contributed by atoms with Gasteiger partial charge in [0.15, 0.2) is 0 Å². The zero-order valence-corrected chi connectivity index (χ0v) is 12.5. The Bertz CT molecular complexity index is 636. The van der Waals surface area contributed by atoms with Gasteiger partial charge in [-0.3, -0.25) is 4.79 Å². The Morgan fingerprint density at radius 2 is 1.90 bits per heavy atom. The van der Waals surface area contributed by atoms with Crippen LogP contribution in [-0.2, 0) is 21.2 Å². The van der Waals surface area contributed by atoms with Crippen molar-refractivity contribution in [3.63, 3.8) is 0 Å². The van der Waals surface area contributed by atoms with Crippen LogP contribution >= 0.6 is 0 Å².